The normalized spacial score (nSPS) is 13.1. The van der Waals surface area contributed by atoms with Gasteiger partial charge in [-0.05, 0) is 48.0 Å². The molecule has 4 rings (SSSR count). The SMILES string of the molecule is CCC(=O)Nc1ccc(N2CCN(C(=O)Nc3ccccc3F)CC2)c(C(=O)NCc2ccc(F)cc2)c1. The fourth-order valence-electron chi connectivity index (χ4n) is 4.11. The summed E-state index contributed by atoms with van der Waals surface area (Å²) in [4.78, 5) is 41.4. The van der Waals surface area contributed by atoms with E-state index >= 15 is 0 Å². The molecule has 0 atom stereocenters. The van der Waals surface area contributed by atoms with Gasteiger partial charge in [0, 0.05) is 50.5 Å². The first kappa shape index (κ1) is 26.6. The summed E-state index contributed by atoms with van der Waals surface area (Å²) in [5.41, 5.74) is 2.38. The number of rotatable bonds is 7. The van der Waals surface area contributed by atoms with Gasteiger partial charge in [0.05, 0.1) is 11.3 Å². The number of benzene rings is 3. The predicted octanol–water partition coefficient (Wildman–Crippen LogP) is 4.60. The molecule has 1 heterocycles. The summed E-state index contributed by atoms with van der Waals surface area (Å²) in [6.45, 7) is 3.57. The average molecular weight is 522 g/mol. The van der Waals surface area contributed by atoms with Crippen LogP contribution in [-0.4, -0.2) is 48.9 Å². The minimum Gasteiger partial charge on any atom is -0.367 e. The van der Waals surface area contributed by atoms with E-state index in [1.54, 1.807) is 54.3 Å². The van der Waals surface area contributed by atoms with E-state index in [0.29, 0.717) is 49.5 Å². The number of nitrogens with one attached hydrogen (secondary N) is 3. The molecule has 1 aliphatic heterocycles. The van der Waals surface area contributed by atoms with Gasteiger partial charge in [-0.1, -0.05) is 31.2 Å². The molecule has 198 valence electrons. The van der Waals surface area contributed by atoms with E-state index in [9.17, 15) is 23.2 Å². The summed E-state index contributed by atoms with van der Waals surface area (Å²) < 4.78 is 27.1. The molecule has 38 heavy (non-hydrogen) atoms. The number of anilines is 3. The number of nitrogens with zero attached hydrogens (tertiary/aromatic N) is 2. The summed E-state index contributed by atoms with van der Waals surface area (Å²) in [6, 6.07) is 16.6. The second kappa shape index (κ2) is 12.2. The van der Waals surface area contributed by atoms with Crippen LogP contribution in [0.15, 0.2) is 66.7 Å². The molecule has 3 N–H and O–H groups in total. The highest BCUT2D eigenvalue weighted by atomic mass is 19.1. The van der Waals surface area contributed by atoms with Crippen molar-refractivity contribution in [2.24, 2.45) is 0 Å². The molecule has 10 heteroatoms. The largest absolute Gasteiger partial charge is 0.367 e. The maximum absolute atomic E-state index is 13.9. The monoisotopic (exact) mass is 521 g/mol. The number of hydrogen-bond acceptors (Lipinski definition) is 4. The minimum absolute atomic E-state index is 0.116. The van der Waals surface area contributed by atoms with Gasteiger partial charge in [-0.15, -0.1) is 0 Å². The lowest BCUT2D eigenvalue weighted by Gasteiger charge is -2.37. The molecule has 8 nitrogen and oxygen atoms in total. The van der Waals surface area contributed by atoms with Crippen LogP contribution in [0.5, 0.6) is 0 Å². The van der Waals surface area contributed by atoms with E-state index in [1.807, 2.05) is 4.90 Å². The number of carbonyl (C=O) groups is 3. The molecule has 0 aromatic heterocycles. The quantitative estimate of drug-likeness (QED) is 0.424. The number of urea groups is 1. The number of carbonyl (C=O) groups excluding carboxylic acids is 3. The molecular formula is C28H29F2N5O3. The van der Waals surface area contributed by atoms with E-state index in [4.69, 9.17) is 0 Å². The molecule has 1 aliphatic rings. The van der Waals surface area contributed by atoms with Crippen LogP contribution < -0.4 is 20.9 Å². The van der Waals surface area contributed by atoms with Crippen LogP contribution in [0, 0.1) is 11.6 Å². The molecule has 0 radical (unpaired) electrons. The molecule has 1 saturated heterocycles. The summed E-state index contributed by atoms with van der Waals surface area (Å²) in [7, 11) is 0. The van der Waals surface area contributed by atoms with Gasteiger partial charge in [-0.2, -0.15) is 0 Å². The van der Waals surface area contributed by atoms with Crippen LogP contribution in [0.1, 0.15) is 29.3 Å². The van der Waals surface area contributed by atoms with Crippen LogP contribution in [0.25, 0.3) is 0 Å². The molecular weight excluding hydrogens is 492 g/mol. The lowest BCUT2D eigenvalue weighted by atomic mass is 10.1. The van der Waals surface area contributed by atoms with Crippen molar-refractivity contribution in [1.29, 1.82) is 0 Å². The third-order valence-corrected chi connectivity index (χ3v) is 6.24. The van der Waals surface area contributed by atoms with Crippen LogP contribution in [0.2, 0.25) is 0 Å². The zero-order valence-corrected chi connectivity index (χ0v) is 21.0. The van der Waals surface area contributed by atoms with Crippen LogP contribution in [0.3, 0.4) is 0 Å². The number of hydrogen-bond donors (Lipinski definition) is 3. The summed E-state index contributed by atoms with van der Waals surface area (Å²) in [5, 5.41) is 8.23. The highest BCUT2D eigenvalue weighted by Crippen LogP contribution is 2.26. The van der Waals surface area contributed by atoms with Gasteiger partial charge in [-0.25, -0.2) is 13.6 Å². The van der Waals surface area contributed by atoms with Crippen LogP contribution in [0.4, 0.5) is 30.6 Å². The number of para-hydroxylation sites is 1. The van der Waals surface area contributed by atoms with Crippen molar-refractivity contribution in [3.63, 3.8) is 0 Å². The molecule has 0 spiro atoms. The Hall–Kier alpha value is -4.47. The first-order valence-electron chi connectivity index (χ1n) is 12.4. The maximum atomic E-state index is 13.9. The lowest BCUT2D eigenvalue weighted by molar-refractivity contribution is -0.115. The molecule has 0 saturated carbocycles. The highest BCUT2D eigenvalue weighted by Gasteiger charge is 2.25. The molecule has 0 bridgehead atoms. The van der Waals surface area contributed by atoms with Crippen molar-refractivity contribution in [3.05, 3.63) is 89.5 Å². The predicted molar refractivity (Wildman–Crippen MR) is 142 cm³/mol. The third-order valence-electron chi connectivity index (χ3n) is 6.24. The standard InChI is InChI=1S/C28H29F2N5O3/c1-2-26(36)32-21-11-12-25(22(17-21)27(37)31-18-19-7-9-20(29)10-8-19)34-13-15-35(16-14-34)28(38)33-24-6-4-3-5-23(24)30/h3-12,17H,2,13-16,18H2,1H3,(H,31,37)(H,32,36)(H,33,38). The van der Waals surface area contributed by atoms with E-state index in [1.165, 1.54) is 24.3 Å². The van der Waals surface area contributed by atoms with E-state index in [2.05, 4.69) is 16.0 Å². The van der Waals surface area contributed by atoms with Crippen molar-refractivity contribution >= 4 is 34.9 Å². The Morgan fingerprint density at radius 2 is 1.58 bits per heavy atom. The molecule has 3 aromatic rings. The highest BCUT2D eigenvalue weighted by molar-refractivity contribution is 6.02. The maximum Gasteiger partial charge on any atom is 0.322 e. The van der Waals surface area contributed by atoms with Gasteiger partial charge in [0.1, 0.15) is 11.6 Å². The average Bonchev–Trinajstić information content (AvgIpc) is 2.93. The van der Waals surface area contributed by atoms with Gasteiger partial charge in [0.2, 0.25) is 5.91 Å². The summed E-state index contributed by atoms with van der Waals surface area (Å²) in [5.74, 6) is -1.39. The third kappa shape index (κ3) is 6.64. The van der Waals surface area contributed by atoms with Crippen molar-refractivity contribution in [2.45, 2.75) is 19.9 Å². The van der Waals surface area contributed by atoms with Crippen molar-refractivity contribution in [3.8, 4) is 0 Å². The van der Waals surface area contributed by atoms with Crippen molar-refractivity contribution in [2.75, 3.05) is 41.7 Å². The Kier molecular flexibility index (Phi) is 8.52. The zero-order valence-electron chi connectivity index (χ0n) is 21.0. The fourth-order valence-corrected chi connectivity index (χ4v) is 4.11. The van der Waals surface area contributed by atoms with Crippen molar-refractivity contribution < 1.29 is 23.2 Å². The second-order valence-corrected chi connectivity index (χ2v) is 8.83. The molecule has 4 amide bonds. The van der Waals surface area contributed by atoms with Crippen LogP contribution >= 0.6 is 0 Å². The first-order valence-corrected chi connectivity index (χ1v) is 12.4. The Morgan fingerprint density at radius 1 is 0.868 bits per heavy atom. The summed E-state index contributed by atoms with van der Waals surface area (Å²) >= 11 is 0. The smallest absolute Gasteiger partial charge is 0.322 e. The first-order chi connectivity index (χ1) is 18.3. The van der Waals surface area contributed by atoms with E-state index in [0.717, 1.165) is 5.56 Å². The number of halogens is 2. The van der Waals surface area contributed by atoms with Gasteiger partial charge in [0.15, 0.2) is 0 Å². The number of piperazine rings is 1. The molecule has 0 unspecified atom stereocenters. The van der Waals surface area contributed by atoms with Gasteiger partial charge >= 0.3 is 6.03 Å². The lowest BCUT2D eigenvalue weighted by Crippen LogP contribution is -2.50. The van der Waals surface area contributed by atoms with E-state index < -0.39 is 11.8 Å². The Bertz CT molecular complexity index is 1310. The topological polar surface area (TPSA) is 93.8 Å². The molecule has 3 aromatic carbocycles. The summed E-state index contributed by atoms with van der Waals surface area (Å²) in [6.07, 6.45) is 0.296. The number of amides is 4. The molecule has 1 fully saturated rings. The fraction of sp³-hybridized carbons (Fsp3) is 0.250. The van der Waals surface area contributed by atoms with E-state index in [-0.39, 0.29) is 29.9 Å². The minimum atomic E-state index is -0.508. The second-order valence-electron chi connectivity index (χ2n) is 8.83. The van der Waals surface area contributed by atoms with Gasteiger partial charge in [-0.3, -0.25) is 9.59 Å². The van der Waals surface area contributed by atoms with Crippen LogP contribution in [-0.2, 0) is 11.3 Å². The Morgan fingerprint density at radius 3 is 2.26 bits per heavy atom. The Balaban J connectivity index is 1.46. The van der Waals surface area contributed by atoms with Gasteiger partial charge < -0.3 is 25.8 Å². The molecule has 0 aliphatic carbocycles. The van der Waals surface area contributed by atoms with Gasteiger partial charge in [0.25, 0.3) is 5.91 Å². The Labute approximate surface area is 219 Å². The zero-order chi connectivity index (χ0) is 27.1. The van der Waals surface area contributed by atoms with Crippen molar-refractivity contribution in [1.82, 2.24) is 10.2 Å².